The van der Waals surface area contributed by atoms with Crippen LogP contribution in [0.1, 0.15) is 48.3 Å². The maximum Gasteiger partial charge on any atom is 0.270 e. The SMILES string of the molecule is Cn1ccc(-c2ccc(Cc3cc(C(=O)NC4CCOC(C)(C)C4)nc4ccn(C)c34)cn2)n1. The molecule has 0 aliphatic carbocycles. The van der Waals surface area contributed by atoms with Crippen LogP contribution in [0.2, 0.25) is 0 Å². The summed E-state index contributed by atoms with van der Waals surface area (Å²) in [5.74, 6) is -0.140. The molecule has 5 rings (SSSR count). The first-order valence-electron chi connectivity index (χ1n) is 11.6. The molecule has 1 saturated heterocycles. The quantitative estimate of drug-likeness (QED) is 0.493. The Balaban J connectivity index is 1.40. The van der Waals surface area contributed by atoms with Crippen LogP contribution in [0.5, 0.6) is 0 Å². The second-order valence-corrected chi connectivity index (χ2v) is 9.70. The minimum atomic E-state index is -0.230. The molecule has 5 heterocycles. The van der Waals surface area contributed by atoms with Gasteiger partial charge in [-0.2, -0.15) is 5.10 Å². The van der Waals surface area contributed by atoms with E-state index in [4.69, 9.17) is 4.74 Å². The molecule has 8 heteroatoms. The lowest BCUT2D eigenvalue weighted by atomic mass is 9.94. The van der Waals surface area contributed by atoms with E-state index in [1.54, 1.807) is 4.68 Å². The van der Waals surface area contributed by atoms with E-state index in [0.29, 0.717) is 18.7 Å². The number of rotatable bonds is 5. The number of nitrogens with zero attached hydrogens (tertiary/aromatic N) is 5. The van der Waals surface area contributed by atoms with E-state index in [1.807, 2.05) is 57.0 Å². The highest BCUT2D eigenvalue weighted by Gasteiger charge is 2.30. The van der Waals surface area contributed by atoms with Crippen LogP contribution in [0.4, 0.5) is 0 Å². The van der Waals surface area contributed by atoms with Gasteiger partial charge < -0.3 is 14.6 Å². The summed E-state index contributed by atoms with van der Waals surface area (Å²) in [5.41, 5.74) is 5.84. The lowest BCUT2D eigenvalue weighted by Crippen LogP contribution is -2.46. The third-order valence-corrected chi connectivity index (χ3v) is 6.37. The number of amides is 1. The molecule has 1 aliphatic heterocycles. The molecule has 0 saturated carbocycles. The van der Waals surface area contributed by atoms with Crippen molar-refractivity contribution in [2.45, 2.75) is 44.8 Å². The highest BCUT2D eigenvalue weighted by molar-refractivity contribution is 5.95. The number of aromatic nitrogens is 5. The Bertz CT molecular complexity index is 1340. The number of carbonyl (C=O) groups is 1. The molecular weight excluding hydrogens is 428 g/mol. The zero-order valence-electron chi connectivity index (χ0n) is 20.1. The van der Waals surface area contributed by atoms with Crippen LogP contribution in [-0.2, 0) is 25.3 Å². The van der Waals surface area contributed by atoms with E-state index in [9.17, 15) is 4.79 Å². The average molecular weight is 459 g/mol. The maximum absolute atomic E-state index is 13.1. The van der Waals surface area contributed by atoms with Crippen LogP contribution >= 0.6 is 0 Å². The van der Waals surface area contributed by atoms with Crippen molar-refractivity contribution in [3.05, 3.63) is 65.7 Å². The first-order valence-corrected chi connectivity index (χ1v) is 11.6. The highest BCUT2D eigenvalue weighted by Crippen LogP contribution is 2.26. The van der Waals surface area contributed by atoms with Crippen molar-refractivity contribution in [1.29, 1.82) is 0 Å². The summed E-state index contributed by atoms with van der Waals surface area (Å²) in [6, 6.07) is 9.95. The third-order valence-electron chi connectivity index (χ3n) is 6.37. The molecule has 0 spiro atoms. The molecular formula is C26H30N6O2. The van der Waals surface area contributed by atoms with Crippen LogP contribution in [0.3, 0.4) is 0 Å². The fourth-order valence-corrected chi connectivity index (χ4v) is 4.71. The largest absolute Gasteiger partial charge is 0.375 e. The van der Waals surface area contributed by atoms with Gasteiger partial charge in [-0.15, -0.1) is 0 Å². The van der Waals surface area contributed by atoms with Crippen molar-refractivity contribution < 1.29 is 9.53 Å². The van der Waals surface area contributed by atoms with Crippen molar-refractivity contribution in [2.75, 3.05) is 6.61 Å². The first-order chi connectivity index (χ1) is 16.3. The topological polar surface area (TPSA) is 86.9 Å². The summed E-state index contributed by atoms with van der Waals surface area (Å²) < 4.78 is 9.60. The van der Waals surface area contributed by atoms with Crippen LogP contribution in [0, 0.1) is 0 Å². The Morgan fingerprint density at radius 1 is 1.18 bits per heavy atom. The summed E-state index contributed by atoms with van der Waals surface area (Å²) in [5, 5.41) is 7.59. The van der Waals surface area contributed by atoms with Gasteiger partial charge in [-0.3, -0.25) is 14.5 Å². The van der Waals surface area contributed by atoms with Crippen molar-refractivity contribution in [3.8, 4) is 11.4 Å². The molecule has 34 heavy (non-hydrogen) atoms. The molecule has 1 fully saturated rings. The fourth-order valence-electron chi connectivity index (χ4n) is 4.71. The van der Waals surface area contributed by atoms with Gasteiger partial charge in [0.2, 0.25) is 0 Å². The maximum atomic E-state index is 13.1. The van der Waals surface area contributed by atoms with Crippen molar-refractivity contribution in [3.63, 3.8) is 0 Å². The number of nitrogens with one attached hydrogen (secondary N) is 1. The van der Waals surface area contributed by atoms with Gasteiger partial charge in [0.25, 0.3) is 5.91 Å². The Morgan fingerprint density at radius 2 is 2.03 bits per heavy atom. The molecule has 1 atom stereocenters. The summed E-state index contributed by atoms with van der Waals surface area (Å²) in [6.45, 7) is 4.77. The zero-order valence-corrected chi connectivity index (χ0v) is 20.1. The number of fused-ring (bicyclic) bond motifs is 1. The number of carbonyl (C=O) groups excluding carboxylic acids is 1. The number of aryl methyl sites for hydroxylation is 2. The summed E-state index contributed by atoms with van der Waals surface area (Å²) in [7, 11) is 3.89. The van der Waals surface area contributed by atoms with Gasteiger partial charge in [0.1, 0.15) is 11.4 Å². The van der Waals surface area contributed by atoms with Gasteiger partial charge in [0, 0.05) is 51.8 Å². The number of hydrogen-bond donors (Lipinski definition) is 1. The Hall–Kier alpha value is -3.52. The van der Waals surface area contributed by atoms with Crippen LogP contribution in [0.15, 0.2) is 48.9 Å². The summed E-state index contributed by atoms with van der Waals surface area (Å²) >= 11 is 0. The molecule has 0 aromatic carbocycles. The van der Waals surface area contributed by atoms with Crippen LogP contribution < -0.4 is 5.32 Å². The van der Waals surface area contributed by atoms with Gasteiger partial charge in [-0.05, 0) is 62.1 Å². The lowest BCUT2D eigenvalue weighted by molar-refractivity contribution is -0.0615. The van der Waals surface area contributed by atoms with Gasteiger partial charge in [-0.25, -0.2) is 4.98 Å². The molecule has 4 aromatic heterocycles. The number of ether oxygens (including phenoxy) is 1. The first kappa shape index (κ1) is 22.3. The summed E-state index contributed by atoms with van der Waals surface area (Å²) in [6.07, 6.45) is 8.01. The van der Waals surface area contributed by atoms with Gasteiger partial charge in [0.15, 0.2) is 0 Å². The minimum Gasteiger partial charge on any atom is -0.375 e. The minimum absolute atomic E-state index is 0.0799. The predicted octanol–water partition coefficient (Wildman–Crippen LogP) is 3.65. The smallest absolute Gasteiger partial charge is 0.270 e. The van der Waals surface area contributed by atoms with Crippen molar-refractivity contribution in [2.24, 2.45) is 14.1 Å². The molecule has 8 nitrogen and oxygen atoms in total. The molecule has 1 amide bonds. The monoisotopic (exact) mass is 458 g/mol. The van der Waals surface area contributed by atoms with Gasteiger partial charge in [0.05, 0.1) is 22.3 Å². The van der Waals surface area contributed by atoms with Gasteiger partial charge in [-0.1, -0.05) is 6.07 Å². The average Bonchev–Trinajstić information content (AvgIpc) is 3.39. The van der Waals surface area contributed by atoms with Crippen LogP contribution in [-0.4, -0.2) is 48.5 Å². The molecule has 1 unspecified atom stereocenters. The number of hydrogen-bond acceptors (Lipinski definition) is 5. The molecule has 0 bridgehead atoms. The highest BCUT2D eigenvalue weighted by atomic mass is 16.5. The molecule has 0 radical (unpaired) electrons. The van der Waals surface area contributed by atoms with E-state index in [2.05, 4.69) is 44.9 Å². The third kappa shape index (κ3) is 4.59. The standard InChI is InChI=1S/C26H30N6O2/c1-26(2)15-19(9-12-34-26)28-25(33)23-14-18(24-22(29-23)7-10-31(24)3)13-17-5-6-20(27-16-17)21-8-11-32(4)30-21/h5-8,10-11,14,16,19H,9,12-13,15H2,1-4H3,(H,28,33). The van der Waals surface area contributed by atoms with Crippen molar-refractivity contribution >= 4 is 16.9 Å². The second-order valence-electron chi connectivity index (χ2n) is 9.70. The van der Waals surface area contributed by atoms with E-state index in [1.165, 1.54) is 0 Å². The molecule has 1 N–H and O–H groups in total. The Kier molecular flexibility index (Phi) is 5.69. The molecule has 1 aliphatic rings. The number of pyridine rings is 2. The van der Waals surface area contributed by atoms with Gasteiger partial charge >= 0.3 is 0 Å². The Morgan fingerprint density at radius 3 is 2.74 bits per heavy atom. The zero-order chi connectivity index (χ0) is 23.9. The molecule has 4 aromatic rings. The van der Waals surface area contributed by atoms with E-state index in [0.717, 1.165) is 46.4 Å². The Labute approximate surface area is 199 Å². The van der Waals surface area contributed by atoms with Crippen molar-refractivity contribution in [1.82, 2.24) is 29.6 Å². The summed E-state index contributed by atoms with van der Waals surface area (Å²) in [4.78, 5) is 22.4. The normalized spacial score (nSPS) is 17.7. The fraction of sp³-hybridized carbons (Fsp3) is 0.385. The predicted molar refractivity (Wildman–Crippen MR) is 130 cm³/mol. The lowest BCUT2D eigenvalue weighted by Gasteiger charge is -2.35. The van der Waals surface area contributed by atoms with E-state index >= 15 is 0 Å². The molecule has 176 valence electrons. The van der Waals surface area contributed by atoms with Crippen LogP contribution in [0.25, 0.3) is 22.4 Å². The van der Waals surface area contributed by atoms with E-state index in [-0.39, 0.29) is 17.6 Å². The van der Waals surface area contributed by atoms with E-state index < -0.39 is 0 Å². The second kappa shape index (κ2) is 8.68.